The summed E-state index contributed by atoms with van der Waals surface area (Å²) in [6.07, 6.45) is 0. The molecule has 0 spiro atoms. The van der Waals surface area contributed by atoms with Gasteiger partial charge in [-0.15, -0.1) is 0 Å². The molecule has 0 unspecified atom stereocenters. The Balaban J connectivity index is 2.70. The normalized spacial score (nSPS) is 12.4. The highest BCUT2D eigenvalue weighted by molar-refractivity contribution is 7.85. The second-order valence-electron chi connectivity index (χ2n) is 3.16. The van der Waals surface area contributed by atoms with Crippen LogP contribution in [0.5, 0.6) is 0 Å². The van der Waals surface area contributed by atoms with Crippen LogP contribution >= 0.6 is 0 Å². The summed E-state index contributed by atoms with van der Waals surface area (Å²) in [6, 6.07) is 7.35. The van der Waals surface area contributed by atoms with Gasteiger partial charge in [0.25, 0.3) is 0 Å². The summed E-state index contributed by atoms with van der Waals surface area (Å²) in [5.41, 5.74) is 1.77. The average molecular weight is 210 g/mol. The minimum atomic E-state index is -1.01. The Hall–Kier alpha value is -0.960. The summed E-state index contributed by atoms with van der Waals surface area (Å²) in [5, 5.41) is 0. The van der Waals surface area contributed by atoms with Gasteiger partial charge in [-0.25, -0.2) is 0 Å². The lowest BCUT2D eigenvalue weighted by Crippen LogP contribution is -2.11. The van der Waals surface area contributed by atoms with Crippen molar-refractivity contribution in [3.63, 3.8) is 0 Å². The Labute approximate surface area is 86.8 Å². The first-order valence-electron chi connectivity index (χ1n) is 4.58. The number of carbonyl (C=O) groups is 1. The van der Waals surface area contributed by atoms with Crippen LogP contribution in [0.3, 0.4) is 0 Å². The monoisotopic (exact) mass is 210 g/mol. The van der Waals surface area contributed by atoms with Gasteiger partial charge in [0.1, 0.15) is 0 Å². The van der Waals surface area contributed by atoms with Crippen LogP contribution in [0.25, 0.3) is 0 Å². The van der Waals surface area contributed by atoms with Crippen molar-refractivity contribution in [2.75, 3.05) is 11.5 Å². The van der Waals surface area contributed by atoms with Crippen molar-refractivity contribution >= 4 is 16.6 Å². The first-order valence-corrected chi connectivity index (χ1v) is 6.07. The van der Waals surface area contributed by atoms with Crippen LogP contribution in [0, 0.1) is 6.92 Å². The number of Topliss-reactive ketones (excluding diaryl/α,β-unsaturated/α-hetero) is 1. The predicted octanol–water partition coefficient (Wildman–Crippen LogP) is 1.95. The minimum absolute atomic E-state index is 0.0369. The van der Waals surface area contributed by atoms with Gasteiger partial charge in [0.05, 0.1) is 5.75 Å². The molecule has 0 radical (unpaired) electrons. The third kappa shape index (κ3) is 3.07. The zero-order chi connectivity index (χ0) is 10.6. The summed E-state index contributed by atoms with van der Waals surface area (Å²) < 4.78 is 11.2. The van der Waals surface area contributed by atoms with E-state index in [-0.39, 0.29) is 11.5 Å². The molecular weight excluding hydrogens is 196 g/mol. The molecule has 1 rings (SSSR count). The van der Waals surface area contributed by atoms with Crippen LogP contribution < -0.4 is 0 Å². The lowest BCUT2D eigenvalue weighted by molar-refractivity contribution is 0.102. The molecule has 1 atom stereocenters. The molecule has 3 heteroatoms. The maximum absolute atomic E-state index is 11.5. The third-order valence-corrected chi connectivity index (χ3v) is 3.22. The third-order valence-electron chi connectivity index (χ3n) is 1.99. The molecule has 0 saturated carbocycles. The summed E-state index contributed by atoms with van der Waals surface area (Å²) in [4.78, 5) is 11.5. The van der Waals surface area contributed by atoms with Crippen molar-refractivity contribution in [1.82, 2.24) is 0 Å². The van der Waals surface area contributed by atoms with Gasteiger partial charge in [0.2, 0.25) is 0 Å². The molecule has 0 saturated heterocycles. The van der Waals surface area contributed by atoms with E-state index >= 15 is 0 Å². The molecule has 0 aliphatic rings. The fourth-order valence-corrected chi connectivity index (χ4v) is 1.73. The summed E-state index contributed by atoms with van der Waals surface area (Å²) in [6.45, 7) is 3.79. The van der Waals surface area contributed by atoms with Gasteiger partial charge >= 0.3 is 0 Å². The Morgan fingerprint density at radius 3 is 2.36 bits per heavy atom. The molecule has 0 aromatic heterocycles. The van der Waals surface area contributed by atoms with Gasteiger partial charge in [0.15, 0.2) is 5.78 Å². The van der Waals surface area contributed by atoms with E-state index in [1.165, 1.54) is 0 Å². The van der Waals surface area contributed by atoms with E-state index in [0.717, 1.165) is 5.56 Å². The van der Waals surface area contributed by atoms with Crippen LogP contribution in [-0.2, 0) is 10.8 Å². The fraction of sp³-hybridized carbons (Fsp3) is 0.364. The molecule has 0 aliphatic carbocycles. The van der Waals surface area contributed by atoms with E-state index in [0.29, 0.717) is 11.3 Å². The number of hydrogen-bond donors (Lipinski definition) is 0. The highest BCUT2D eigenvalue weighted by Crippen LogP contribution is 2.04. The Bertz CT molecular complexity index is 341. The van der Waals surface area contributed by atoms with Gasteiger partial charge in [-0.1, -0.05) is 36.8 Å². The van der Waals surface area contributed by atoms with Gasteiger partial charge in [-0.2, -0.15) is 0 Å². The van der Waals surface area contributed by atoms with Crippen molar-refractivity contribution < 1.29 is 9.00 Å². The molecule has 76 valence electrons. The van der Waals surface area contributed by atoms with E-state index in [4.69, 9.17) is 0 Å². The molecule has 1 aromatic carbocycles. The van der Waals surface area contributed by atoms with Gasteiger partial charge in [0, 0.05) is 22.1 Å². The molecule has 2 nitrogen and oxygen atoms in total. The van der Waals surface area contributed by atoms with Crippen molar-refractivity contribution in [1.29, 1.82) is 0 Å². The summed E-state index contributed by atoms with van der Waals surface area (Å²) in [5.74, 6) is 0.641. The highest BCUT2D eigenvalue weighted by atomic mass is 32.2. The van der Waals surface area contributed by atoms with E-state index in [1.54, 1.807) is 12.1 Å². The second kappa shape index (κ2) is 5.05. The first kappa shape index (κ1) is 11.1. The van der Waals surface area contributed by atoms with Crippen LogP contribution in [0.1, 0.15) is 22.8 Å². The van der Waals surface area contributed by atoms with Gasteiger partial charge in [-0.3, -0.25) is 9.00 Å². The zero-order valence-corrected chi connectivity index (χ0v) is 9.26. The number of rotatable bonds is 4. The average Bonchev–Trinajstić information content (AvgIpc) is 2.18. The number of aryl methyl sites for hydroxylation is 1. The Kier molecular flexibility index (Phi) is 4.01. The van der Waals surface area contributed by atoms with E-state index in [2.05, 4.69) is 0 Å². The quantitative estimate of drug-likeness (QED) is 0.712. The lowest BCUT2D eigenvalue weighted by Gasteiger charge is -2.00. The summed E-state index contributed by atoms with van der Waals surface area (Å²) in [7, 11) is -1.01. The molecule has 0 fully saturated rings. The molecule has 0 amide bonds. The molecule has 0 aliphatic heterocycles. The second-order valence-corrected chi connectivity index (χ2v) is 4.91. The van der Waals surface area contributed by atoms with Crippen molar-refractivity contribution in [2.45, 2.75) is 13.8 Å². The molecule has 0 bridgehead atoms. The topological polar surface area (TPSA) is 34.1 Å². The SMILES string of the molecule is CC[S@@](=O)CC(=O)c1ccc(C)cc1. The number of hydrogen-bond acceptors (Lipinski definition) is 2. The van der Waals surface area contributed by atoms with Crippen LogP contribution in [-0.4, -0.2) is 21.5 Å². The molecule has 0 heterocycles. The predicted molar refractivity (Wildman–Crippen MR) is 59.1 cm³/mol. The minimum Gasteiger partial charge on any atom is -0.293 e. The smallest absolute Gasteiger partial charge is 0.175 e. The number of carbonyl (C=O) groups excluding carboxylic acids is 1. The maximum Gasteiger partial charge on any atom is 0.175 e. The highest BCUT2D eigenvalue weighted by Gasteiger charge is 2.08. The number of ketones is 1. The largest absolute Gasteiger partial charge is 0.293 e. The van der Waals surface area contributed by atoms with Crippen LogP contribution in [0.4, 0.5) is 0 Å². The molecule has 1 aromatic rings. The van der Waals surface area contributed by atoms with E-state index in [1.807, 2.05) is 26.0 Å². The van der Waals surface area contributed by atoms with E-state index in [9.17, 15) is 9.00 Å². The van der Waals surface area contributed by atoms with Gasteiger partial charge in [-0.05, 0) is 6.92 Å². The van der Waals surface area contributed by atoms with Crippen molar-refractivity contribution in [3.05, 3.63) is 35.4 Å². The van der Waals surface area contributed by atoms with Crippen LogP contribution in [0.15, 0.2) is 24.3 Å². The summed E-state index contributed by atoms with van der Waals surface area (Å²) >= 11 is 0. The Morgan fingerprint density at radius 1 is 1.29 bits per heavy atom. The molecule has 0 N–H and O–H groups in total. The first-order chi connectivity index (χ1) is 6.63. The Morgan fingerprint density at radius 2 is 1.86 bits per heavy atom. The maximum atomic E-state index is 11.5. The molecule has 14 heavy (non-hydrogen) atoms. The van der Waals surface area contributed by atoms with Crippen molar-refractivity contribution in [2.24, 2.45) is 0 Å². The number of benzene rings is 1. The molecular formula is C11H14O2S. The standard InChI is InChI=1S/C11H14O2S/c1-3-14(13)8-11(12)10-6-4-9(2)5-7-10/h4-7H,3,8H2,1-2H3/t14-/m1/s1. The van der Waals surface area contributed by atoms with Gasteiger partial charge < -0.3 is 0 Å². The van der Waals surface area contributed by atoms with Crippen molar-refractivity contribution in [3.8, 4) is 0 Å². The van der Waals surface area contributed by atoms with E-state index < -0.39 is 10.8 Å². The zero-order valence-electron chi connectivity index (χ0n) is 8.45. The fourth-order valence-electron chi connectivity index (χ4n) is 1.07. The lowest BCUT2D eigenvalue weighted by atomic mass is 10.1. The van der Waals surface area contributed by atoms with Crippen LogP contribution in [0.2, 0.25) is 0 Å².